The molecule has 3 aromatic carbocycles. The van der Waals surface area contributed by atoms with Crippen LogP contribution in [-0.2, 0) is 14.8 Å². The van der Waals surface area contributed by atoms with E-state index in [4.69, 9.17) is 4.74 Å². The fourth-order valence-corrected chi connectivity index (χ4v) is 3.57. The number of amides is 1. The van der Waals surface area contributed by atoms with E-state index in [9.17, 15) is 22.4 Å². The number of hydrogen-bond donors (Lipinski definition) is 2. The van der Waals surface area contributed by atoms with Crippen molar-refractivity contribution in [3.8, 4) is 5.75 Å². The molecule has 0 aromatic heterocycles. The van der Waals surface area contributed by atoms with Crippen LogP contribution in [0.2, 0.25) is 0 Å². The van der Waals surface area contributed by atoms with Gasteiger partial charge in [-0.1, -0.05) is 29.8 Å². The lowest BCUT2D eigenvalue weighted by Gasteiger charge is -2.06. The van der Waals surface area contributed by atoms with Crippen molar-refractivity contribution in [1.29, 1.82) is 0 Å². The van der Waals surface area contributed by atoms with Gasteiger partial charge in [0, 0.05) is 0 Å². The van der Waals surface area contributed by atoms with Crippen molar-refractivity contribution in [2.45, 2.75) is 11.8 Å². The van der Waals surface area contributed by atoms with Crippen molar-refractivity contribution in [2.24, 2.45) is 5.10 Å². The summed E-state index contributed by atoms with van der Waals surface area (Å²) < 4.78 is 45.3. The van der Waals surface area contributed by atoms with E-state index >= 15 is 0 Å². The normalized spacial score (nSPS) is 11.3. The smallest absolute Gasteiger partial charge is 0.346 e. The Morgan fingerprint density at radius 2 is 1.67 bits per heavy atom. The fraction of sp³-hybridized carbons (Fsp3) is 0.0870. The largest absolute Gasteiger partial charge is 0.423 e. The lowest BCUT2D eigenvalue weighted by Crippen LogP contribution is -2.34. The molecule has 33 heavy (non-hydrogen) atoms. The predicted octanol–water partition coefficient (Wildman–Crippen LogP) is 2.78. The summed E-state index contributed by atoms with van der Waals surface area (Å²) in [5.41, 5.74) is 3.52. The number of hydrazone groups is 1. The zero-order valence-electron chi connectivity index (χ0n) is 17.5. The number of rotatable bonds is 8. The number of hydrogen-bond acceptors (Lipinski definition) is 6. The van der Waals surface area contributed by atoms with Gasteiger partial charge in [-0.15, -0.1) is 0 Å². The molecule has 3 rings (SSSR count). The Kier molecular flexibility index (Phi) is 7.65. The number of nitrogens with zero attached hydrogens (tertiary/aromatic N) is 1. The molecule has 0 aliphatic heterocycles. The van der Waals surface area contributed by atoms with E-state index in [0.717, 1.165) is 11.6 Å². The van der Waals surface area contributed by atoms with Crippen molar-refractivity contribution < 1.29 is 27.1 Å². The maximum atomic E-state index is 13.6. The van der Waals surface area contributed by atoms with Gasteiger partial charge in [0.05, 0.1) is 23.2 Å². The Balaban J connectivity index is 1.49. The van der Waals surface area contributed by atoms with Crippen molar-refractivity contribution in [3.05, 3.63) is 95.3 Å². The summed E-state index contributed by atoms with van der Waals surface area (Å²) in [5, 5.41) is 3.76. The highest BCUT2D eigenvalue weighted by Crippen LogP contribution is 2.15. The third-order valence-corrected chi connectivity index (χ3v) is 5.76. The number of carbonyl (C=O) groups is 2. The second-order valence-electron chi connectivity index (χ2n) is 6.87. The SMILES string of the molecule is Cc1ccc(S(=O)(=O)NCC(=O)N/N=C/c2ccc(OC(=O)c3ccccc3F)cc2)cc1. The summed E-state index contributed by atoms with van der Waals surface area (Å²) in [6.07, 6.45) is 1.33. The first-order chi connectivity index (χ1) is 15.7. The molecule has 0 saturated heterocycles. The Morgan fingerprint density at radius 3 is 2.33 bits per heavy atom. The molecule has 3 aromatic rings. The quantitative estimate of drug-likeness (QED) is 0.228. The van der Waals surface area contributed by atoms with Crippen LogP contribution in [0.25, 0.3) is 0 Å². The van der Waals surface area contributed by atoms with Gasteiger partial charge in [-0.3, -0.25) is 4.79 Å². The summed E-state index contributed by atoms with van der Waals surface area (Å²) in [6.45, 7) is 1.35. The minimum absolute atomic E-state index is 0.0557. The highest BCUT2D eigenvalue weighted by atomic mass is 32.2. The van der Waals surface area contributed by atoms with E-state index < -0.39 is 34.3 Å². The van der Waals surface area contributed by atoms with Gasteiger partial charge in [0.15, 0.2) is 0 Å². The lowest BCUT2D eigenvalue weighted by molar-refractivity contribution is -0.119. The zero-order chi connectivity index (χ0) is 23.8. The third-order valence-electron chi connectivity index (χ3n) is 4.34. The van der Waals surface area contributed by atoms with Crippen LogP contribution in [-0.4, -0.2) is 33.1 Å². The topological polar surface area (TPSA) is 114 Å². The number of halogens is 1. The van der Waals surface area contributed by atoms with E-state index in [1.165, 1.54) is 48.7 Å². The highest BCUT2D eigenvalue weighted by molar-refractivity contribution is 7.89. The molecule has 8 nitrogen and oxygen atoms in total. The number of ether oxygens (including phenoxy) is 1. The van der Waals surface area contributed by atoms with Crippen LogP contribution >= 0.6 is 0 Å². The number of esters is 1. The first-order valence-electron chi connectivity index (χ1n) is 9.69. The molecule has 0 radical (unpaired) electrons. The third kappa shape index (κ3) is 6.79. The van der Waals surface area contributed by atoms with Crippen LogP contribution in [0.5, 0.6) is 5.75 Å². The Morgan fingerprint density at radius 1 is 1.00 bits per heavy atom. The highest BCUT2D eigenvalue weighted by Gasteiger charge is 2.15. The van der Waals surface area contributed by atoms with Crippen molar-refractivity contribution in [1.82, 2.24) is 10.1 Å². The van der Waals surface area contributed by atoms with Crippen LogP contribution in [0.4, 0.5) is 4.39 Å². The molecule has 0 atom stereocenters. The molecule has 0 heterocycles. The Bertz CT molecular complexity index is 1270. The molecule has 1 amide bonds. The van der Waals surface area contributed by atoms with E-state index in [1.807, 2.05) is 6.92 Å². The first kappa shape index (κ1) is 23.8. The van der Waals surface area contributed by atoms with Gasteiger partial charge < -0.3 is 4.74 Å². The second kappa shape index (κ2) is 10.6. The minimum atomic E-state index is -3.81. The van der Waals surface area contributed by atoms with Gasteiger partial charge >= 0.3 is 5.97 Å². The molecule has 170 valence electrons. The number of benzene rings is 3. The van der Waals surface area contributed by atoms with E-state index in [-0.39, 0.29) is 16.2 Å². The first-order valence-corrected chi connectivity index (χ1v) is 11.2. The summed E-state index contributed by atoms with van der Waals surface area (Å²) in [5.74, 6) is -1.95. The van der Waals surface area contributed by atoms with Crippen LogP contribution in [0.1, 0.15) is 21.5 Å². The summed E-state index contributed by atoms with van der Waals surface area (Å²) >= 11 is 0. The van der Waals surface area contributed by atoms with Gasteiger partial charge in [-0.25, -0.2) is 27.8 Å². The Hall–Kier alpha value is -3.89. The van der Waals surface area contributed by atoms with Gasteiger partial charge in [-0.05, 0) is 61.0 Å². The molecule has 0 aliphatic rings. The molecule has 0 aliphatic carbocycles. The minimum Gasteiger partial charge on any atom is -0.423 e. The fourth-order valence-electron chi connectivity index (χ4n) is 2.59. The van der Waals surface area contributed by atoms with Gasteiger partial charge in [0.2, 0.25) is 10.0 Å². The Labute approximate surface area is 190 Å². The maximum absolute atomic E-state index is 13.6. The molecule has 0 unspecified atom stereocenters. The van der Waals surface area contributed by atoms with Crippen LogP contribution in [0.3, 0.4) is 0 Å². The predicted molar refractivity (Wildman–Crippen MR) is 120 cm³/mol. The molecule has 0 saturated carbocycles. The number of aryl methyl sites for hydroxylation is 1. The average molecular weight is 469 g/mol. The summed E-state index contributed by atoms with van der Waals surface area (Å²) in [4.78, 5) is 23.9. The van der Waals surface area contributed by atoms with E-state index in [2.05, 4.69) is 15.2 Å². The van der Waals surface area contributed by atoms with E-state index in [0.29, 0.717) is 5.56 Å². The second-order valence-corrected chi connectivity index (χ2v) is 8.64. The average Bonchev–Trinajstić information content (AvgIpc) is 2.79. The lowest BCUT2D eigenvalue weighted by atomic mass is 10.2. The number of sulfonamides is 1. The van der Waals surface area contributed by atoms with Crippen LogP contribution in [0.15, 0.2) is 82.8 Å². The summed E-state index contributed by atoms with van der Waals surface area (Å²) in [6, 6.07) is 17.8. The number of nitrogens with one attached hydrogen (secondary N) is 2. The number of carbonyl (C=O) groups excluding carboxylic acids is 2. The maximum Gasteiger partial charge on any atom is 0.346 e. The molecule has 10 heteroatoms. The zero-order valence-corrected chi connectivity index (χ0v) is 18.3. The van der Waals surface area contributed by atoms with Gasteiger partial charge in [-0.2, -0.15) is 5.10 Å². The van der Waals surface area contributed by atoms with Gasteiger partial charge in [0.1, 0.15) is 11.6 Å². The summed E-state index contributed by atoms with van der Waals surface area (Å²) in [7, 11) is -3.81. The van der Waals surface area contributed by atoms with Crippen molar-refractivity contribution in [3.63, 3.8) is 0 Å². The van der Waals surface area contributed by atoms with Crippen molar-refractivity contribution in [2.75, 3.05) is 6.54 Å². The van der Waals surface area contributed by atoms with Gasteiger partial charge in [0.25, 0.3) is 5.91 Å². The molecule has 0 fully saturated rings. The van der Waals surface area contributed by atoms with Crippen molar-refractivity contribution >= 4 is 28.1 Å². The van der Waals surface area contributed by atoms with E-state index in [1.54, 1.807) is 24.3 Å². The molecule has 2 N–H and O–H groups in total. The van der Waals surface area contributed by atoms with Crippen LogP contribution < -0.4 is 14.9 Å². The van der Waals surface area contributed by atoms with Crippen LogP contribution in [0, 0.1) is 12.7 Å². The molecular weight excluding hydrogens is 449 g/mol. The standard InChI is InChI=1S/C23H20FN3O5S/c1-16-6-12-19(13-7-16)33(30,31)26-15-22(28)27-25-14-17-8-10-18(11-9-17)32-23(29)20-4-2-3-5-21(20)24/h2-14,26H,15H2,1H3,(H,27,28)/b25-14+. The molecule has 0 bridgehead atoms. The molecule has 0 spiro atoms. The molecular formula is C23H20FN3O5S. The monoisotopic (exact) mass is 469 g/mol.